The maximum Gasteiger partial charge on any atom is 0.251 e. The summed E-state index contributed by atoms with van der Waals surface area (Å²) in [5.74, 6) is 0.408. The molecule has 0 bridgehead atoms. The maximum atomic E-state index is 11.9. The number of carbonyl (C=O) groups excluding carboxylic acids is 2. The second-order valence-electron chi connectivity index (χ2n) is 5.05. The van der Waals surface area contributed by atoms with Crippen LogP contribution >= 0.6 is 0 Å². The maximum absolute atomic E-state index is 11.9. The van der Waals surface area contributed by atoms with Crippen LogP contribution in [0.25, 0.3) is 0 Å². The van der Waals surface area contributed by atoms with E-state index >= 15 is 0 Å². The summed E-state index contributed by atoms with van der Waals surface area (Å²) in [6.07, 6.45) is 2.08. The summed E-state index contributed by atoms with van der Waals surface area (Å²) in [5, 5.41) is 5.55. The van der Waals surface area contributed by atoms with Crippen LogP contribution in [0.5, 0.6) is 0 Å². The van der Waals surface area contributed by atoms with Crippen molar-refractivity contribution in [1.82, 2.24) is 5.32 Å². The fourth-order valence-electron chi connectivity index (χ4n) is 1.76. The summed E-state index contributed by atoms with van der Waals surface area (Å²) in [4.78, 5) is 22.9. The average molecular weight is 262 g/mol. The van der Waals surface area contributed by atoms with Crippen LogP contribution in [0.3, 0.4) is 0 Å². The predicted octanol–water partition coefficient (Wildman–Crippen LogP) is 2.81. The third-order valence-corrected chi connectivity index (χ3v) is 2.69. The van der Waals surface area contributed by atoms with E-state index in [4.69, 9.17) is 0 Å². The molecule has 1 rings (SSSR count). The van der Waals surface area contributed by atoms with Gasteiger partial charge < -0.3 is 10.6 Å². The second kappa shape index (κ2) is 7.56. The van der Waals surface area contributed by atoms with Gasteiger partial charge in [-0.15, -0.1) is 0 Å². The van der Waals surface area contributed by atoms with Gasteiger partial charge >= 0.3 is 0 Å². The molecule has 1 aromatic carbocycles. The molecule has 0 heterocycles. The summed E-state index contributed by atoms with van der Waals surface area (Å²) in [6.45, 7) is 6.46. The number of anilines is 1. The molecular formula is C15H22N2O2. The number of carbonyl (C=O) groups is 2. The molecule has 0 unspecified atom stereocenters. The molecule has 0 saturated carbocycles. The zero-order chi connectivity index (χ0) is 14.3. The summed E-state index contributed by atoms with van der Waals surface area (Å²) in [7, 11) is 0. The van der Waals surface area contributed by atoms with Crippen molar-refractivity contribution in [2.75, 3.05) is 11.9 Å². The first-order chi connectivity index (χ1) is 8.99. The molecular weight excluding hydrogens is 240 g/mol. The van der Waals surface area contributed by atoms with E-state index in [-0.39, 0.29) is 11.8 Å². The van der Waals surface area contributed by atoms with Crippen LogP contribution in [-0.2, 0) is 4.79 Å². The van der Waals surface area contributed by atoms with Gasteiger partial charge in [-0.25, -0.2) is 0 Å². The Morgan fingerprint density at radius 2 is 2.00 bits per heavy atom. The lowest BCUT2D eigenvalue weighted by Crippen LogP contribution is -2.24. The highest BCUT2D eigenvalue weighted by Crippen LogP contribution is 2.10. The Bertz CT molecular complexity index is 442. The van der Waals surface area contributed by atoms with Gasteiger partial charge in [0.15, 0.2) is 0 Å². The SMILES string of the molecule is CC(=O)Nc1cccc(C(=O)NCCCC(C)C)c1. The lowest BCUT2D eigenvalue weighted by molar-refractivity contribution is -0.114. The van der Waals surface area contributed by atoms with Gasteiger partial charge in [0, 0.05) is 24.7 Å². The van der Waals surface area contributed by atoms with E-state index in [9.17, 15) is 9.59 Å². The molecule has 19 heavy (non-hydrogen) atoms. The normalized spacial score (nSPS) is 10.3. The van der Waals surface area contributed by atoms with Crippen LogP contribution in [0, 0.1) is 5.92 Å². The molecule has 0 aliphatic rings. The first-order valence-electron chi connectivity index (χ1n) is 6.65. The Hall–Kier alpha value is -1.84. The summed E-state index contributed by atoms with van der Waals surface area (Å²) < 4.78 is 0. The number of hydrogen-bond donors (Lipinski definition) is 2. The van der Waals surface area contributed by atoms with Gasteiger partial charge in [-0.1, -0.05) is 19.9 Å². The molecule has 0 fully saturated rings. The standard InChI is InChI=1S/C15H22N2O2/c1-11(2)6-5-9-16-15(19)13-7-4-8-14(10-13)17-12(3)18/h4,7-8,10-11H,5-6,9H2,1-3H3,(H,16,19)(H,17,18). The minimum Gasteiger partial charge on any atom is -0.352 e. The molecule has 1 aromatic rings. The van der Waals surface area contributed by atoms with Crippen LogP contribution in [0.15, 0.2) is 24.3 Å². The number of nitrogens with one attached hydrogen (secondary N) is 2. The van der Waals surface area contributed by atoms with E-state index in [2.05, 4.69) is 24.5 Å². The van der Waals surface area contributed by atoms with Gasteiger partial charge in [-0.05, 0) is 37.0 Å². The van der Waals surface area contributed by atoms with Crippen LogP contribution in [-0.4, -0.2) is 18.4 Å². The first-order valence-corrected chi connectivity index (χ1v) is 6.65. The zero-order valence-corrected chi connectivity index (χ0v) is 11.8. The Morgan fingerprint density at radius 3 is 2.63 bits per heavy atom. The molecule has 0 spiro atoms. The molecule has 4 heteroatoms. The van der Waals surface area contributed by atoms with Crippen LogP contribution in [0.2, 0.25) is 0 Å². The van der Waals surface area contributed by atoms with E-state index in [1.165, 1.54) is 6.92 Å². The second-order valence-corrected chi connectivity index (χ2v) is 5.05. The topological polar surface area (TPSA) is 58.2 Å². The van der Waals surface area contributed by atoms with Crippen LogP contribution in [0.1, 0.15) is 44.0 Å². The molecule has 2 amide bonds. The van der Waals surface area contributed by atoms with Gasteiger partial charge in [0.2, 0.25) is 5.91 Å². The molecule has 104 valence electrons. The number of rotatable bonds is 6. The fraction of sp³-hybridized carbons (Fsp3) is 0.467. The first kappa shape index (κ1) is 15.2. The highest BCUT2D eigenvalue weighted by Gasteiger charge is 2.06. The molecule has 2 N–H and O–H groups in total. The van der Waals surface area contributed by atoms with Crippen LogP contribution in [0.4, 0.5) is 5.69 Å². The minimum atomic E-state index is -0.144. The number of hydrogen-bond acceptors (Lipinski definition) is 2. The van der Waals surface area contributed by atoms with Gasteiger partial charge in [0.1, 0.15) is 0 Å². The average Bonchev–Trinajstić information content (AvgIpc) is 2.33. The molecule has 0 aliphatic heterocycles. The van der Waals surface area contributed by atoms with Gasteiger partial charge in [0.25, 0.3) is 5.91 Å². The minimum absolute atomic E-state index is 0.101. The van der Waals surface area contributed by atoms with Gasteiger partial charge in [-0.3, -0.25) is 9.59 Å². The Kier molecular flexibility index (Phi) is 6.06. The molecule has 0 atom stereocenters. The third kappa shape index (κ3) is 6.04. The Morgan fingerprint density at radius 1 is 1.26 bits per heavy atom. The van der Waals surface area contributed by atoms with Crippen molar-refractivity contribution in [3.8, 4) is 0 Å². The van der Waals surface area contributed by atoms with E-state index in [0.717, 1.165) is 12.8 Å². The van der Waals surface area contributed by atoms with Crippen molar-refractivity contribution in [3.63, 3.8) is 0 Å². The highest BCUT2D eigenvalue weighted by molar-refractivity contribution is 5.96. The Labute approximate surface area is 114 Å². The van der Waals surface area contributed by atoms with Crippen molar-refractivity contribution in [2.45, 2.75) is 33.6 Å². The largest absolute Gasteiger partial charge is 0.352 e. The summed E-state index contributed by atoms with van der Waals surface area (Å²) in [5.41, 5.74) is 1.21. The number of amides is 2. The molecule has 0 radical (unpaired) electrons. The van der Waals surface area contributed by atoms with Crippen molar-refractivity contribution in [1.29, 1.82) is 0 Å². The summed E-state index contributed by atoms with van der Waals surface area (Å²) >= 11 is 0. The monoisotopic (exact) mass is 262 g/mol. The van der Waals surface area contributed by atoms with Crippen molar-refractivity contribution in [3.05, 3.63) is 29.8 Å². The van der Waals surface area contributed by atoms with E-state index in [1.807, 2.05) is 0 Å². The van der Waals surface area contributed by atoms with E-state index in [0.29, 0.717) is 23.7 Å². The predicted molar refractivity (Wildman–Crippen MR) is 77.2 cm³/mol. The quantitative estimate of drug-likeness (QED) is 0.774. The molecule has 0 aliphatic carbocycles. The van der Waals surface area contributed by atoms with E-state index < -0.39 is 0 Å². The van der Waals surface area contributed by atoms with Gasteiger partial charge in [-0.2, -0.15) is 0 Å². The molecule has 0 aromatic heterocycles. The third-order valence-electron chi connectivity index (χ3n) is 2.69. The molecule has 4 nitrogen and oxygen atoms in total. The zero-order valence-electron chi connectivity index (χ0n) is 11.8. The van der Waals surface area contributed by atoms with Crippen molar-refractivity contribution < 1.29 is 9.59 Å². The van der Waals surface area contributed by atoms with Crippen molar-refractivity contribution in [2.24, 2.45) is 5.92 Å². The number of benzene rings is 1. The summed E-state index contributed by atoms with van der Waals surface area (Å²) in [6, 6.07) is 6.94. The highest BCUT2D eigenvalue weighted by atomic mass is 16.2. The van der Waals surface area contributed by atoms with E-state index in [1.54, 1.807) is 24.3 Å². The Balaban J connectivity index is 2.50. The van der Waals surface area contributed by atoms with Gasteiger partial charge in [0.05, 0.1) is 0 Å². The fourth-order valence-corrected chi connectivity index (χ4v) is 1.76. The lowest BCUT2D eigenvalue weighted by atomic mass is 10.1. The smallest absolute Gasteiger partial charge is 0.251 e. The van der Waals surface area contributed by atoms with Crippen molar-refractivity contribution >= 4 is 17.5 Å². The molecule has 0 saturated heterocycles. The lowest BCUT2D eigenvalue weighted by Gasteiger charge is -2.08. The van der Waals surface area contributed by atoms with Crippen LogP contribution < -0.4 is 10.6 Å².